The fourth-order valence-corrected chi connectivity index (χ4v) is 2.38. The molecule has 1 fully saturated rings. The van der Waals surface area contributed by atoms with Crippen LogP contribution in [0.2, 0.25) is 0 Å². The van der Waals surface area contributed by atoms with Crippen LogP contribution in [0.15, 0.2) is 18.2 Å². The molecular weight excluding hydrogens is 590 g/mol. The summed E-state index contributed by atoms with van der Waals surface area (Å²) in [7, 11) is -7.76. The first-order chi connectivity index (χ1) is 15.6. The number of nitrogens with zero attached hydrogens (tertiary/aromatic N) is 4. The second-order valence-corrected chi connectivity index (χ2v) is 10.2. The van der Waals surface area contributed by atoms with E-state index in [1.807, 2.05) is 0 Å². The van der Waals surface area contributed by atoms with E-state index in [1.54, 1.807) is 0 Å². The third-order valence-corrected chi connectivity index (χ3v) is 5.49. The van der Waals surface area contributed by atoms with E-state index in [1.165, 1.54) is 5.69 Å². The molecule has 0 atom stereocenters. The summed E-state index contributed by atoms with van der Waals surface area (Å²) in [5.74, 6) is 0. The van der Waals surface area contributed by atoms with Crippen LogP contribution in [-0.4, -0.2) is 110 Å². The van der Waals surface area contributed by atoms with E-state index in [0.29, 0.717) is 0 Å². The Morgan fingerprint density at radius 3 is 1.44 bits per heavy atom. The average molecular weight is 616 g/mol. The molecule has 36 heavy (non-hydrogen) atoms. The monoisotopic (exact) mass is 616 g/mol. The van der Waals surface area contributed by atoms with E-state index in [0.717, 1.165) is 51.5 Å². The van der Waals surface area contributed by atoms with Crippen LogP contribution in [0.25, 0.3) is 0 Å². The minimum Gasteiger partial charge on any atom is -0.741 e. The molecular formula is C17H26F6FeN4O6S2. The van der Waals surface area contributed by atoms with Gasteiger partial charge in [0.05, 0.1) is 5.69 Å². The Hall–Kier alpha value is -1.05. The molecule has 0 bridgehead atoms. The Morgan fingerprint density at radius 1 is 0.806 bits per heavy atom. The maximum atomic E-state index is 10.7. The summed E-state index contributed by atoms with van der Waals surface area (Å²) >= 11 is 0. The van der Waals surface area contributed by atoms with Crippen molar-refractivity contribution < 1.29 is 69.4 Å². The van der Waals surface area contributed by atoms with E-state index in [-0.39, 0.29) is 17.1 Å². The van der Waals surface area contributed by atoms with E-state index in [9.17, 15) is 26.3 Å². The summed E-state index contributed by atoms with van der Waals surface area (Å²) in [4.78, 5) is 12.0. The van der Waals surface area contributed by atoms with Crippen molar-refractivity contribution >= 4 is 20.2 Å². The summed E-state index contributed by atoms with van der Waals surface area (Å²) in [5, 5.41) is 0. The van der Waals surface area contributed by atoms with Crippen molar-refractivity contribution in [1.82, 2.24) is 19.7 Å². The Kier molecular flexibility index (Phi) is 15.9. The summed E-state index contributed by atoms with van der Waals surface area (Å²) in [6.07, 6.45) is 0. The van der Waals surface area contributed by atoms with Crippen molar-refractivity contribution in [2.45, 2.75) is 24.5 Å². The van der Waals surface area contributed by atoms with Crippen LogP contribution in [0.5, 0.6) is 0 Å². The number of rotatable bonds is 2. The van der Waals surface area contributed by atoms with Crippen molar-refractivity contribution in [3.8, 4) is 0 Å². The van der Waals surface area contributed by atoms with Crippen LogP contribution in [0.3, 0.4) is 0 Å². The largest absolute Gasteiger partial charge is 2.00 e. The van der Waals surface area contributed by atoms with E-state index >= 15 is 0 Å². The molecule has 10 nitrogen and oxygen atoms in total. The van der Waals surface area contributed by atoms with E-state index in [2.05, 4.69) is 58.9 Å². The van der Waals surface area contributed by atoms with Gasteiger partial charge in [-0.25, -0.2) is 16.8 Å². The van der Waals surface area contributed by atoms with Crippen LogP contribution in [0.4, 0.5) is 26.3 Å². The van der Waals surface area contributed by atoms with Crippen molar-refractivity contribution in [3.63, 3.8) is 0 Å². The van der Waals surface area contributed by atoms with Gasteiger partial charge in [0, 0.05) is 51.5 Å². The zero-order chi connectivity index (χ0) is 27.7. The number of aromatic nitrogens is 1. The first-order valence-electron chi connectivity index (χ1n) is 9.69. The molecule has 0 saturated carbocycles. The van der Waals surface area contributed by atoms with Crippen LogP contribution in [0, 0.1) is 6.92 Å². The summed E-state index contributed by atoms with van der Waals surface area (Å²) in [6, 6.07) is 6.29. The third kappa shape index (κ3) is 15.9. The van der Waals surface area contributed by atoms with Crippen molar-refractivity contribution in [3.05, 3.63) is 29.6 Å². The van der Waals surface area contributed by atoms with E-state index < -0.39 is 31.3 Å². The maximum Gasteiger partial charge on any atom is 2.00 e. The van der Waals surface area contributed by atoms with Crippen LogP contribution >= 0.6 is 0 Å². The molecule has 0 amide bonds. The number of hydrogen-bond acceptors (Lipinski definition) is 10. The van der Waals surface area contributed by atoms with Gasteiger partial charge in [-0.1, -0.05) is 6.07 Å². The van der Waals surface area contributed by atoms with Crippen molar-refractivity contribution in [2.24, 2.45) is 0 Å². The topological polar surface area (TPSA) is 137 Å². The molecule has 2 rings (SSSR count). The molecule has 0 N–H and O–H groups in total. The Morgan fingerprint density at radius 2 is 1.14 bits per heavy atom. The first kappa shape index (κ1) is 37.1. The van der Waals surface area contributed by atoms with Crippen LogP contribution < -0.4 is 0 Å². The maximum absolute atomic E-state index is 10.7. The van der Waals surface area contributed by atoms with Gasteiger partial charge < -0.3 is 18.9 Å². The number of pyridine rings is 1. The summed E-state index contributed by atoms with van der Waals surface area (Å²) in [6.45, 7) is 9.87. The quantitative estimate of drug-likeness (QED) is 0.206. The summed E-state index contributed by atoms with van der Waals surface area (Å²) in [5.41, 5.74) is -9.00. The van der Waals surface area contributed by atoms with Gasteiger partial charge in [0.15, 0.2) is 20.2 Å². The molecule has 0 radical (unpaired) electrons. The number of hydrogen-bond donors (Lipinski definition) is 0. The number of halogens is 6. The molecule has 19 heteroatoms. The minimum absolute atomic E-state index is 0. The average Bonchev–Trinajstić information content (AvgIpc) is 2.73. The second-order valence-electron chi connectivity index (χ2n) is 7.45. The SMILES string of the molecule is Cc1cccc(CN2CCN(C)CCN(C)CC2)n1.O=S(=O)([O-])C(F)(F)F.O=S(=O)([O-])C(F)(F)F.[Fe+2]. The van der Waals surface area contributed by atoms with E-state index in [4.69, 9.17) is 25.9 Å². The molecule has 1 aliphatic rings. The second kappa shape index (κ2) is 15.4. The van der Waals surface area contributed by atoms with Gasteiger partial charge in [0.25, 0.3) is 0 Å². The van der Waals surface area contributed by atoms with Crippen LogP contribution in [-0.2, 0) is 43.8 Å². The van der Waals surface area contributed by atoms with Gasteiger partial charge in [-0.3, -0.25) is 9.88 Å². The standard InChI is InChI=1S/C15H26N4.2CHF3O3S.Fe/c1-14-5-4-6-15(16-14)13-19-11-9-17(2)7-8-18(3)10-12-19;2*2-1(3,4)8(5,6)7;/h4-6H,7-13H2,1-3H3;2*(H,5,6,7);/q;;;+2/p-2. The van der Waals surface area contributed by atoms with Gasteiger partial charge in [-0.15, -0.1) is 0 Å². The number of aryl methyl sites for hydroxylation is 1. The first-order valence-corrected chi connectivity index (χ1v) is 12.5. The Balaban J connectivity index is 0. The van der Waals surface area contributed by atoms with Gasteiger partial charge in [-0.05, 0) is 33.2 Å². The normalized spacial score (nSPS) is 17.2. The minimum atomic E-state index is -6.09. The fourth-order valence-electron chi connectivity index (χ4n) is 2.38. The molecule has 0 unspecified atom stereocenters. The van der Waals surface area contributed by atoms with Gasteiger partial charge >= 0.3 is 28.1 Å². The zero-order valence-electron chi connectivity index (χ0n) is 19.4. The predicted octanol–water partition coefficient (Wildman–Crippen LogP) is 1.17. The summed E-state index contributed by atoms with van der Waals surface area (Å²) < 4.78 is 118. The molecule has 1 aromatic heterocycles. The molecule has 212 valence electrons. The smallest absolute Gasteiger partial charge is 0.741 e. The number of likely N-dealkylation sites (N-methyl/N-ethyl adjacent to an activating group) is 2. The Bertz CT molecular complexity index is 940. The Labute approximate surface area is 216 Å². The third-order valence-electron chi connectivity index (χ3n) is 4.36. The van der Waals surface area contributed by atoms with Gasteiger partial charge in [0.2, 0.25) is 0 Å². The van der Waals surface area contributed by atoms with Gasteiger partial charge in [-0.2, -0.15) is 26.3 Å². The zero-order valence-corrected chi connectivity index (χ0v) is 22.1. The molecule has 1 aliphatic heterocycles. The van der Waals surface area contributed by atoms with Gasteiger partial charge in [0.1, 0.15) is 0 Å². The van der Waals surface area contributed by atoms with Crippen molar-refractivity contribution in [1.29, 1.82) is 0 Å². The van der Waals surface area contributed by atoms with Crippen molar-refractivity contribution in [2.75, 3.05) is 53.4 Å². The molecule has 0 aromatic carbocycles. The fraction of sp³-hybridized carbons (Fsp3) is 0.706. The number of alkyl halides is 6. The molecule has 0 spiro atoms. The molecule has 2 heterocycles. The molecule has 0 aliphatic carbocycles. The molecule has 1 aromatic rings. The predicted molar refractivity (Wildman–Crippen MR) is 111 cm³/mol. The van der Waals surface area contributed by atoms with Crippen LogP contribution in [0.1, 0.15) is 11.4 Å². The molecule has 1 saturated heterocycles.